The van der Waals surface area contributed by atoms with Gasteiger partial charge in [-0.25, -0.2) is 0 Å². The Hall–Kier alpha value is -3.87. The minimum absolute atomic E-state index is 0.279. The number of hydrogen-bond donors (Lipinski definition) is 1. The van der Waals surface area contributed by atoms with Crippen molar-refractivity contribution in [3.05, 3.63) is 84.1 Å². The van der Waals surface area contributed by atoms with Gasteiger partial charge in [-0.1, -0.05) is 30.3 Å². The molecule has 0 spiro atoms. The first-order valence-electron chi connectivity index (χ1n) is 8.72. The maximum absolute atomic E-state index is 12.9. The molecule has 2 aromatic heterocycles. The van der Waals surface area contributed by atoms with Crippen LogP contribution in [-0.2, 0) is 6.54 Å². The van der Waals surface area contributed by atoms with Crippen LogP contribution in [0, 0.1) is 0 Å². The summed E-state index contributed by atoms with van der Waals surface area (Å²) in [5, 5.41) is 7.54. The Morgan fingerprint density at radius 1 is 1.11 bits per heavy atom. The van der Waals surface area contributed by atoms with Gasteiger partial charge in [0.05, 0.1) is 13.4 Å². The molecule has 0 aliphatic rings. The van der Waals surface area contributed by atoms with Crippen molar-refractivity contribution in [2.45, 2.75) is 6.54 Å². The second kappa shape index (κ2) is 7.79. The van der Waals surface area contributed by atoms with Gasteiger partial charge in [-0.3, -0.25) is 4.79 Å². The van der Waals surface area contributed by atoms with E-state index in [-0.39, 0.29) is 5.91 Å². The van der Waals surface area contributed by atoms with Crippen molar-refractivity contribution < 1.29 is 13.9 Å². The first-order chi connectivity index (χ1) is 13.7. The summed E-state index contributed by atoms with van der Waals surface area (Å²) in [7, 11) is 1.62. The molecule has 0 aliphatic heterocycles. The van der Waals surface area contributed by atoms with E-state index in [1.54, 1.807) is 49.8 Å². The van der Waals surface area contributed by atoms with Crippen LogP contribution in [0.4, 0.5) is 5.95 Å². The number of aromatic nitrogens is 3. The molecule has 28 heavy (non-hydrogen) atoms. The molecule has 0 atom stereocenters. The number of carbonyl (C=O) groups is 1. The lowest BCUT2D eigenvalue weighted by molar-refractivity contribution is 0.0947. The van der Waals surface area contributed by atoms with Gasteiger partial charge in [0.25, 0.3) is 5.91 Å². The van der Waals surface area contributed by atoms with Crippen molar-refractivity contribution >= 4 is 11.9 Å². The maximum Gasteiger partial charge on any atom is 0.281 e. The zero-order valence-corrected chi connectivity index (χ0v) is 15.2. The molecule has 1 N–H and O–H groups in total. The van der Waals surface area contributed by atoms with E-state index >= 15 is 0 Å². The van der Waals surface area contributed by atoms with Gasteiger partial charge >= 0.3 is 0 Å². The number of carbonyl (C=O) groups excluding carboxylic acids is 1. The summed E-state index contributed by atoms with van der Waals surface area (Å²) in [6, 6.07) is 20.1. The fourth-order valence-electron chi connectivity index (χ4n) is 2.74. The quantitative estimate of drug-likeness (QED) is 0.552. The summed E-state index contributed by atoms with van der Waals surface area (Å²) in [6.45, 7) is 0.454. The molecular weight excluding hydrogens is 356 g/mol. The molecule has 0 aliphatic carbocycles. The van der Waals surface area contributed by atoms with Gasteiger partial charge in [0.1, 0.15) is 5.75 Å². The number of nitrogens with one attached hydrogen (secondary N) is 1. The molecule has 2 aromatic carbocycles. The molecule has 4 rings (SSSR count). The van der Waals surface area contributed by atoms with Crippen molar-refractivity contribution in [2.24, 2.45) is 0 Å². The van der Waals surface area contributed by atoms with Crippen molar-refractivity contribution in [3.63, 3.8) is 0 Å². The zero-order valence-electron chi connectivity index (χ0n) is 15.2. The van der Waals surface area contributed by atoms with Crippen molar-refractivity contribution in [3.8, 4) is 17.3 Å². The van der Waals surface area contributed by atoms with E-state index in [1.165, 1.54) is 4.68 Å². The maximum atomic E-state index is 12.9. The number of rotatable bonds is 6. The van der Waals surface area contributed by atoms with Crippen LogP contribution in [0.3, 0.4) is 0 Å². The van der Waals surface area contributed by atoms with Crippen LogP contribution in [0.2, 0.25) is 0 Å². The smallest absolute Gasteiger partial charge is 0.281 e. The van der Waals surface area contributed by atoms with Crippen LogP contribution in [0.15, 0.2) is 77.4 Å². The minimum atomic E-state index is -0.279. The molecule has 0 radical (unpaired) electrons. The van der Waals surface area contributed by atoms with E-state index in [0.717, 1.165) is 11.3 Å². The Bertz CT molecular complexity index is 1070. The molecular formula is C21H18N4O3. The standard InChI is InChI=1S/C21H18N4O3/c1-27-17-10-5-7-15(13-17)14-22-21-23-19(18-11-6-12-28-18)24-25(21)20(26)16-8-3-2-4-9-16/h2-13H,14H2,1H3,(H,22,23,24). The lowest BCUT2D eigenvalue weighted by Crippen LogP contribution is -2.17. The second-order valence-corrected chi connectivity index (χ2v) is 6.02. The van der Waals surface area contributed by atoms with Crippen LogP contribution in [0.1, 0.15) is 15.9 Å². The van der Waals surface area contributed by atoms with E-state index in [4.69, 9.17) is 9.15 Å². The molecule has 7 heteroatoms. The first kappa shape index (κ1) is 17.5. The highest BCUT2D eigenvalue weighted by Crippen LogP contribution is 2.20. The highest BCUT2D eigenvalue weighted by Gasteiger charge is 2.19. The lowest BCUT2D eigenvalue weighted by Gasteiger charge is -2.08. The predicted octanol–water partition coefficient (Wildman–Crippen LogP) is 3.85. The largest absolute Gasteiger partial charge is 0.497 e. The number of methoxy groups -OCH3 is 1. The molecule has 0 unspecified atom stereocenters. The van der Waals surface area contributed by atoms with Gasteiger partial charge in [-0.2, -0.15) is 9.67 Å². The molecule has 7 nitrogen and oxygen atoms in total. The normalized spacial score (nSPS) is 10.6. The van der Waals surface area contributed by atoms with Crippen LogP contribution < -0.4 is 10.1 Å². The van der Waals surface area contributed by atoms with Crippen LogP contribution >= 0.6 is 0 Å². The number of hydrogen-bond acceptors (Lipinski definition) is 6. The Kier molecular flexibility index (Phi) is 4.88. The van der Waals surface area contributed by atoms with E-state index in [0.29, 0.717) is 29.6 Å². The summed E-state index contributed by atoms with van der Waals surface area (Å²) < 4.78 is 11.9. The van der Waals surface area contributed by atoms with Gasteiger partial charge in [-0.15, -0.1) is 5.10 Å². The summed E-state index contributed by atoms with van der Waals surface area (Å²) in [6.07, 6.45) is 1.54. The average molecular weight is 374 g/mol. The summed E-state index contributed by atoms with van der Waals surface area (Å²) >= 11 is 0. The number of anilines is 1. The molecule has 0 saturated carbocycles. The monoisotopic (exact) mass is 374 g/mol. The third-order valence-electron chi connectivity index (χ3n) is 4.15. The van der Waals surface area contributed by atoms with E-state index < -0.39 is 0 Å². The van der Waals surface area contributed by atoms with Gasteiger partial charge in [0.15, 0.2) is 5.76 Å². The summed E-state index contributed by atoms with van der Waals surface area (Å²) in [5.41, 5.74) is 1.50. The minimum Gasteiger partial charge on any atom is -0.497 e. The molecule has 0 fully saturated rings. The molecule has 140 valence electrons. The van der Waals surface area contributed by atoms with Gasteiger partial charge in [0.2, 0.25) is 11.8 Å². The van der Waals surface area contributed by atoms with Crippen LogP contribution in [0.25, 0.3) is 11.6 Å². The van der Waals surface area contributed by atoms with E-state index in [1.807, 2.05) is 30.3 Å². The van der Waals surface area contributed by atoms with Crippen molar-refractivity contribution in [1.29, 1.82) is 0 Å². The fourth-order valence-corrected chi connectivity index (χ4v) is 2.74. The molecule has 0 bridgehead atoms. The molecule has 0 amide bonds. The molecule has 4 aromatic rings. The van der Waals surface area contributed by atoms with Crippen LogP contribution in [0.5, 0.6) is 5.75 Å². The summed E-state index contributed by atoms with van der Waals surface area (Å²) in [4.78, 5) is 17.4. The van der Waals surface area contributed by atoms with Gasteiger partial charge < -0.3 is 14.5 Å². The zero-order chi connectivity index (χ0) is 19.3. The Labute approximate surface area is 161 Å². The van der Waals surface area contributed by atoms with Crippen molar-refractivity contribution in [1.82, 2.24) is 14.8 Å². The van der Waals surface area contributed by atoms with E-state index in [2.05, 4.69) is 15.4 Å². The second-order valence-electron chi connectivity index (χ2n) is 6.02. The number of nitrogens with zero attached hydrogens (tertiary/aromatic N) is 3. The highest BCUT2D eigenvalue weighted by atomic mass is 16.5. The molecule has 2 heterocycles. The first-order valence-corrected chi connectivity index (χ1v) is 8.72. The predicted molar refractivity (Wildman–Crippen MR) is 104 cm³/mol. The van der Waals surface area contributed by atoms with Gasteiger partial charge in [0, 0.05) is 12.1 Å². The third-order valence-corrected chi connectivity index (χ3v) is 4.15. The number of furan rings is 1. The Morgan fingerprint density at radius 2 is 1.96 bits per heavy atom. The van der Waals surface area contributed by atoms with Gasteiger partial charge in [-0.05, 0) is 42.0 Å². The SMILES string of the molecule is COc1cccc(CNc2nc(-c3ccco3)nn2C(=O)c2ccccc2)c1. The number of ether oxygens (including phenoxy) is 1. The lowest BCUT2D eigenvalue weighted by atomic mass is 10.2. The Balaban J connectivity index is 1.65. The highest BCUT2D eigenvalue weighted by molar-refractivity contribution is 5.97. The Morgan fingerprint density at radius 3 is 2.71 bits per heavy atom. The molecule has 0 saturated heterocycles. The van der Waals surface area contributed by atoms with E-state index in [9.17, 15) is 4.79 Å². The summed E-state index contributed by atoms with van der Waals surface area (Å²) in [5.74, 6) is 1.64. The van der Waals surface area contributed by atoms with Crippen LogP contribution in [-0.4, -0.2) is 27.8 Å². The number of benzene rings is 2. The topological polar surface area (TPSA) is 82.2 Å². The van der Waals surface area contributed by atoms with Crippen molar-refractivity contribution in [2.75, 3.05) is 12.4 Å². The fraction of sp³-hybridized carbons (Fsp3) is 0.0952. The average Bonchev–Trinajstić information content (AvgIpc) is 3.42. The third kappa shape index (κ3) is 3.64.